The summed E-state index contributed by atoms with van der Waals surface area (Å²) in [6.07, 6.45) is -2.26. The first-order valence-electron chi connectivity index (χ1n) is 4.80. The average molecular weight is 322 g/mol. The minimum Gasteiger partial charge on any atom is -0.392 e. The van der Waals surface area contributed by atoms with Gasteiger partial charge in [0.05, 0.1) is 12.8 Å². The minimum atomic E-state index is -4.61. The lowest BCUT2D eigenvalue weighted by atomic mass is 10.2. The van der Waals surface area contributed by atoms with Crippen LogP contribution in [0.5, 0.6) is 0 Å². The predicted octanol–water partition coefficient (Wildman–Crippen LogP) is 2.54. The quantitative estimate of drug-likeness (QED) is 0.924. The molecule has 0 saturated heterocycles. The van der Waals surface area contributed by atoms with Crippen LogP contribution in [-0.4, -0.2) is 19.9 Å². The maximum Gasteiger partial charge on any atom is 0.433 e. The number of aliphatic hydroxyl groups excluding tert-OH is 1. The van der Waals surface area contributed by atoms with Crippen LogP contribution in [0.25, 0.3) is 5.82 Å². The van der Waals surface area contributed by atoms with Gasteiger partial charge in [-0.05, 0) is 28.1 Å². The van der Waals surface area contributed by atoms with Crippen molar-refractivity contribution in [3.05, 3.63) is 40.3 Å². The molecule has 2 rings (SSSR count). The van der Waals surface area contributed by atoms with Crippen molar-refractivity contribution in [1.29, 1.82) is 0 Å². The largest absolute Gasteiger partial charge is 0.433 e. The van der Waals surface area contributed by atoms with Crippen LogP contribution < -0.4 is 0 Å². The van der Waals surface area contributed by atoms with Gasteiger partial charge in [-0.2, -0.15) is 18.3 Å². The molecule has 0 unspecified atom stereocenters. The molecule has 2 aromatic rings. The van der Waals surface area contributed by atoms with E-state index in [1.54, 1.807) is 6.07 Å². The third kappa shape index (κ3) is 2.39. The fraction of sp³-hybridized carbons (Fsp3) is 0.200. The molecule has 1 N–H and O–H groups in total. The highest BCUT2D eigenvalue weighted by Gasteiger charge is 2.38. The lowest BCUT2D eigenvalue weighted by Gasteiger charge is -2.11. The second-order valence-corrected chi connectivity index (χ2v) is 4.34. The molecule has 2 heterocycles. The summed E-state index contributed by atoms with van der Waals surface area (Å²) >= 11 is 3.14. The predicted molar refractivity (Wildman–Crippen MR) is 60.0 cm³/mol. The van der Waals surface area contributed by atoms with Gasteiger partial charge in [0, 0.05) is 16.2 Å². The summed E-state index contributed by atoms with van der Waals surface area (Å²) in [5, 5.41) is 12.5. The van der Waals surface area contributed by atoms with Crippen LogP contribution in [0.1, 0.15) is 11.3 Å². The highest BCUT2D eigenvalue weighted by Crippen LogP contribution is 2.33. The van der Waals surface area contributed by atoms with Gasteiger partial charge in [-0.1, -0.05) is 0 Å². The van der Waals surface area contributed by atoms with E-state index in [1.807, 2.05) is 0 Å². The first kappa shape index (κ1) is 13.0. The molecule has 0 aliphatic carbocycles. The maximum atomic E-state index is 12.9. The molecule has 0 saturated carbocycles. The van der Waals surface area contributed by atoms with E-state index in [0.717, 1.165) is 6.20 Å². The summed E-state index contributed by atoms with van der Waals surface area (Å²) in [4.78, 5) is 3.84. The molecule has 0 atom stereocenters. The molecule has 0 aliphatic rings. The summed E-state index contributed by atoms with van der Waals surface area (Å²) in [6, 6.07) is 2.95. The van der Waals surface area contributed by atoms with Gasteiger partial charge in [-0.15, -0.1) is 0 Å². The number of hydrogen-bond donors (Lipinski definition) is 1. The van der Waals surface area contributed by atoms with Crippen molar-refractivity contribution in [2.24, 2.45) is 0 Å². The minimum absolute atomic E-state index is 0.0326. The molecule has 4 nitrogen and oxygen atoms in total. The van der Waals surface area contributed by atoms with Crippen molar-refractivity contribution in [2.45, 2.75) is 12.8 Å². The molecular weight excluding hydrogens is 315 g/mol. The molecule has 0 aromatic carbocycles. The third-order valence-electron chi connectivity index (χ3n) is 2.21. The standard InChI is InChI=1S/C10H7BrF3N3O/c11-7-1-2-8(15-4-7)17-9(10(12,13)14)6(5-18)3-16-17/h1-4,18H,5H2. The molecule has 0 fully saturated rings. The molecule has 8 heteroatoms. The number of aliphatic hydroxyl groups is 1. The zero-order valence-corrected chi connectivity index (χ0v) is 10.4. The molecule has 0 amide bonds. The van der Waals surface area contributed by atoms with Crippen LogP contribution in [0.2, 0.25) is 0 Å². The van der Waals surface area contributed by atoms with Crippen LogP contribution in [0.15, 0.2) is 29.0 Å². The maximum absolute atomic E-state index is 12.9. The van der Waals surface area contributed by atoms with Crippen molar-refractivity contribution < 1.29 is 18.3 Å². The molecule has 0 bridgehead atoms. The van der Waals surface area contributed by atoms with Gasteiger partial charge in [0.2, 0.25) is 0 Å². The van der Waals surface area contributed by atoms with Crippen molar-refractivity contribution >= 4 is 15.9 Å². The number of hydrogen-bond acceptors (Lipinski definition) is 3. The number of alkyl halides is 3. The fourth-order valence-electron chi connectivity index (χ4n) is 1.47. The van der Waals surface area contributed by atoms with E-state index in [0.29, 0.717) is 9.15 Å². The van der Waals surface area contributed by atoms with Crippen LogP contribution in [0, 0.1) is 0 Å². The Labute approximate surface area is 108 Å². The van der Waals surface area contributed by atoms with E-state index in [2.05, 4.69) is 26.0 Å². The number of rotatable bonds is 2. The summed E-state index contributed by atoms with van der Waals surface area (Å²) in [6.45, 7) is -0.731. The van der Waals surface area contributed by atoms with Gasteiger partial charge in [-0.25, -0.2) is 9.67 Å². The van der Waals surface area contributed by atoms with Gasteiger partial charge in [0.25, 0.3) is 0 Å². The first-order chi connectivity index (χ1) is 8.43. The van der Waals surface area contributed by atoms with Crippen molar-refractivity contribution in [1.82, 2.24) is 14.8 Å². The lowest BCUT2D eigenvalue weighted by molar-refractivity contribution is -0.143. The Morgan fingerprint density at radius 1 is 1.28 bits per heavy atom. The molecule has 0 aliphatic heterocycles. The number of halogens is 4. The Hall–Kier alpha value is -1.41. The van der Waals surface area contributed by atoms with Crippen LogP contribution in [0.4, 0.5) is 13.2 Å². The van der Waals surface area contributed by atoms with Crippen LogP contribution >= 0.6 is 15.9 Å². The van der Waals surface area contributed by atoms with E-state index in [9.17, 15) is 13.2 Å². The molecular formula is C10H7BrF3N3O. The van der Waals surface area contributed by atoms with Gasteiger partial charge < -0.3 is 5.11 Å². The Morgan fingerprint density at radius 3 is 2.50 bits per heavy atom. The smallest absolute Gasteiger partial charge is 0.392 e. The zero-order chi connectivity index (χ0) is 13.3. The Morgan fingerprint density at radius 2 is 2.00 bits per heavy atom. The molecule has 96 valence electrons. The average Bonchev–Trinajstić information content (AvgIpc) is 2.73. The Kier molecular flexibility index (Phi) is 3.40. The van der Waals surface area contributed by atoms with E-state index in [-0.39, 0.29) is 11.4 Å². The second-order valence-electron chi connectivity index (χ2n) is 3.42. The topological polar surface area (TPSA) is 50.9 Å². The normalized spacial score (nSPS) is 11.8. The monoisotopic (exact) mass is 321 g/mol. The summed E-state index contributed by atoms with van der Waals surface area (Å²) in [5.74, 6) is 0.0326. The van der Waals surface area contributed by atoms with E-state index in [4.69, 9.17) is 5.11 Å². The fourth-order valence-corrected chi connectivity index (χ4v) is 1.70. The van der Waals surface area contributed by atoms with Crippen LogP contribution in [0.3, 0.4) is 0 Å². The lowest BCUT2D eigenvalue weighted by Crippen LogP contribution is -2.16. The van der Waals surface area contributed by atoms with E-state index < -0.39 is 18.5 Å². The Bertz CT molecular complexity index is 550. The number of nitrogens with zero attached hydrogens (tertiary/aromatic N) is 3. The molecule has 2 aromatic heterocycles. The third-order valence-corrected chi connectivity index (χ3v) is 2.68. The molecule has 18 heavy (non-hydrogen) atoms. The summed E-state index contributed by atoms with van der Waals surface area (Å²) in [5.41, 5.74) is -1.30. The number of aromatic nitrogens is 3. The summed E-state index contributed by atoms with van der Waals surface area (Å²) < 4.78 is 40.0. The van der Waals surface area contributed by atoms with Crippen molar-refractivity contribution in [2.75, 3.05) is 0 Å². The molecule has 0 radical (unpaired) electrons. The van der Waals surface area contributed by atoms with Gasteiger partial charge in [0.15, 0.2) is 11.5 Å². The Balaban J connectivity index is 2.58. The zero-order valence-electron chi connectivity index (χ0n) is 8.82. The molecule has 0 spiro atoms. The highest BCUT2D eigenvalue weighted by atomic mass is 79.9. The number of pyridine rings is 1. The second kappa shape index (κ2) is 4.69. The van der Waals surface area contributed by atoms with Crippen LogP contribution in [-0.2, 0) is 12.8 Å². The van der Waals surface area contributed by atoms with E-state index in [1.165, 1.54) is 12.3 Å². The van der Waals surface area contributed by atoms with Crippen molar-refractivity contribution in [3.63, 3.8) is 0 Å². The van der Waals surface area contributed by atoms with Gasteiger partial charge in [0.1, 0.15) is 0 Å². The van der Waals surface area contributed by atoms with Crippen molar-refractivity contribution in [3.8, 4) is 5.82 Å². The summed E-state index contributed by atoms with van der Waals surface area (Å²) in [7, 11) is 0. The van der Waals surface area contributed by atoms with Gasteiger partial charge >= 0.3 is 6.18 Å². The van der Waals surface area contributed by atoms with E-state index >= 15 is 0 Å². The SMILES string of the molecule is OCc1cnn(-c2ccc(Br)cn2)c1C(F)(F)F. The highest BCUT2D eigenvalue weighted by molar-refractivity contribution is 9.10. The van der Waals surface area contributed by atoms with Gasteiger partial charge in [-0.3, -0.25) is 0 Å². The first-order valence-corrected chi connectivity index (χ1v) is 5.59.